The molecule has 0 aliphatic carbocycles. The highest BCUT2D eigenvalue weighted by Crippen LogP contribution is 2.40. The third kappa shape index (κ3) is 9.13. The van der Waals surface area contributed by atoms with E-state index >= 15 is 0 Å². The van der Waals surface area contributed by atoms with Crippen LogP contribution in [0, 0.1) is 17.8 Å². The van der Waals surface area contributed by atoms with Crippen LogP contribution in [0.2, 0.25) is 0 Å². The van der Waals surface area contributed by atoms with Crippen LogP contribution in [0.5, 0.6) is 0 Å². The van der Waals surface area contributed by atoms with Gasteiger partial charge >= 0.3 is 5.97 Å². The first-order valence-corrected chi connectivity index (χ1v) is 19.8. The second kappa shape index (κ2) is 17.6. The van der Waals surface area contributed by atoms with Gasteiger partial charge in [-0.15, -0.1) is 0 Å². The standard InChI is InChI=1S/C42H65N3O9/c1-11-34-42(8,49)38-29(6)45(31-21-30-16-12-13-17-32(30)43-23-31)24-25(2)22-41(7,51-19-15-14-18-50-38)37(27(4)35(46)28(5)39(48)53-34)54-40-36(47)33(44(9)10)20-26(3)52-40/h12-17,21,23,25-29,33-38,40,46-47,49H,11,18-20,22,24H2,1-10H3/b15-14-/t25-,26-,27+,28?,29-,33+,34-,35?,36-,37-,38+,40+,41-,42-/m1/s1. The van der Waals surface area contributed by atoms with Crippen LogP contribution in [0.25, 0.3) is 10.9 Å². The summed E-state index contributed by atoms with van der Waals surface area (Å²) in [6, 6.07) is 9.41. The number of benzene rings is 1. The van der Waals surface area contributed by atoms with Crippen LogP contribution in [0.15, 0.2) is 48.7 Å². The number of anilines is 1. The summed E-state index contributed by atoms with van der Waals surface area (Å²) in [5.74, 6) is -2.37. The molecule has 2 saturated heterocycles. The average Bonchev–Trinajstić information content (AvgIpc) is 3.14. The van der Waals surface area contributed by atoms with E-state index in [1.807, 2.05) is 96.2 Å². The predicted molar refractivity (Wildman–Crippen MR) is 208 cm³/mol. The van der Waals surface area contributed by atoms with Crippen molar-refractivity contribution in [3.8, 4) is 0 Å². The topological polar surface area (TPSA) is 143 Å². The summed E-state index contributed by atoms with van der Waals surface area (Å²) in [4.78, 5) is 23.0. The number of nitrogens with zero attached hydrogens (tertiary/aromatic N) is 3. The highest BCUT2D eigenvalue weighted by atomic mass is 16.7. The van der Waals surface area contributed by atoms with Crippen LogP contribution in [0.1, 0.15) is 74.7 Å². The van der Waals surface area contributed by atoms with Crippen molar-refractivity contribution in [2.45, 2.75) is 141 Å². The number of aromatic nitrogens is 1. The van der Waals surface area contributed by atoms with Crippen molar-refractivity contribution in [1.29, 1.82) is 0 Å². The van der Waals surface area contributed by atoms with E-state index in [0.717, 1.165) is 16.6 Å². The number of pyridine rings is 1. The number of hydrogen-bond donors (Lipinski definition) is 3. The molecule has 302 valence electrons. The predicted octanol–water partition coefficient (Wildman–Crippen LogP) is 4.72. The Labute approximate surface area is 321 Å². The zero-order valence-electron chi connectivity index (χ0n) is 33.9. The van der Waals surface area contributed by atoms with Gasteiger partial charge in [-0.1, -0.05) is 51.1 Å². The lowest BCUT2D eigenvalue weighted by atomic mass is 9.77. The van der Waals surface area contributed by atoms with Gasteiger partial charge in [0.05, 0.1) is 66.5 Å². The summed E-state index contributed by atoms with van der Waals surface area (Å²) in [5.41, 5.74) is -0.958. The monoisotopic (exact) mass is 755 g/mol. The number of rotatable bonds is 5. The van der Waals surface area contributed by atoms with Gasteiger partial charge in [0, 0.05) is 23.9 Å². The Kier molecular flexibility index (Phi) is 13.9. The lowest BCUT2D eigenvalue weighted by Crippen LogP contribution is -2.61. The Morgan fingerprint density at radius 2 is 1.74 bits per heavy atom. The van der Waals surface area contributed by atoms with Crippen molar-refractivity contribution in [2.75, 3.05) is 38.8 Å². The lowest BCUT2D eigenvalue weighted by Gasteiger charge is -2.48. The van der Waals surface area contributed by atoms with Crippen molar-refractivity contribution < 1.29 is 43.8 Å². The molecule has 3 N–H and O–H groups in total. The third-order valence-corrected chi connectivity index (χ3v) is 12.1. The van der Waals surface area contributed by atoms with E-state index in [2.05, 4.69) is 17.9 Å². The van der Waals surface area contributed by atoms with Crippen LogP contribution < -0.4 is 4.90 Å². The van der Waals surface area contributed by atoms with Crippen molar-refractivity contribution in [3.05, 3.63) is 48.7 Å². The minimum Gasteiger partial charge on any atom is -0.459 e. The van der Waals surface area contributed by atoms with Crippen molar-refractivity contribution >= 4 is 22.6 Å². The highest BCUT2D eigenvalue weighted by molar-refractivity contribution is 5.81. The molecule has 54 heavy (non-hydrogen) atoms. The van der Waals surface area contributed by atoms with Crippen LogP contribution in [-0.4, -0.2) is 131 Å². The number of para-hydroxylation sites is 1. The molecule has 3 aliphatic heterocycles. The molecular formula is C42H65N3O9. The molecule has 2 fully saturated rings. The SMILES string of the molecule is CC[C@H]1OC(=O)C(C)C(O)[C@H](C)[C@@H](O[C@@H]2O[C@H](C)C[C@H](N(C)C)[C@H]2O)[C@@]2(C)C[C@@H](C)CN(c3cnc4ccccc4c3)[C@H](C)[C@H](OC/C=C\CO2)[C@]1(C)O. The molecule has 12 nitrogen and oxygen atoms in total. The normalized spacial score (nSPS) is 41.2. The van der Waals surface area contributed by atoms with Crippen LogP contribution in [0.4, 0.5) is 5.69 Å². The summed E-state index contributed by atoms with van der Waals surface area (Å²) < 4.78 is 32.7. The molecule has 2 unspecified atom stereocenters. The lowest BCUT2D eigenvalue weighted by molar-refractivity contribution is -0.302. The van der Waals surface area contributed by atoms with Crippen molar-refractivity contribution in [3.63, 3.8) is 0 Å². The summed E-state index contributed by atoms with van der Waals surface area (Å²) in [6.45, 7) is 16.0. The van der Waals surface area contributed by atoms with Gasteiger partial charge < -0.3 is 48.8 Å². The largest absolute Gasteiger partial charge is 0.459 e. The number of ether oxygens (including phenoxy) is 5. The van der Waals surface area contributed by atoms with E-state index in [4.69, 9.17) is 28.7 Å². The molecule has 0 radical (unpaired) electrons. The zero-order valence-corrected chi connectivity index (χ0v) is 33.9. The first-order chi connectivity index (χ1) is 25.5. The maximum absolute atomic E-state index is 14.0. The zero-order chi connectivity index (χ0) is 39.5. The molecule has 4 heterocycles. The van der Waals surface area contributed by atoms with E-state index < -0.39 is 71.9 Å². The number of cyclic esters (lactones) is 1. The molecule has 3 aliphatic rings. The summed E-state index contributed by atoms with van der Waals surface area (Å²) in [6.07, 6.45) is 0.985. The van der Waals surface area contributed by atoms with Gasteiger partial charge in [-0.05, 0) is 86.0 Å². The molecule has 2 aromatic rings. The average molecular weight is 756 g/mol. The van der Waals surface area contributed by atoms with Crippen LogP contribution in [-0.2, 0) is 28.5 Å². The molecule has 0 amide bonds. The number of likely N-dealkylation sites (N-methyl/N-ethyl adjacent to an activating group) is 1. The van der Waals surface area contributed by atoms with Gasteiger partial charge in [-0.3, -0.25) is 9.78 Å². The van der Waals surface area contributed by atoms with Crippen LogP contribution >= 0.6 is 0 Å². The van der Waals surface area contributed by atoms with E-state index in [-0.39, 0.29) is 31.3 Å². The quantitative estimate of drug-likeness (QED) is 0.287. The molecule has 2 bridgehead atoms. The molecule has 14 atom stereocenters. The summed E-state index contributed by atoms with van der Waals surface area (Å²) in [5, 5.41) is 37.1. The second-order valence-corrected chi connectivity index (χ2v) is 16.8. The number of fused-ring (bicyclic) bond motifs is 7. The van der Waals surface area contributed by atoms with Crippen LogP contribution in [0.3, 0.4) is 0 Å². The fourth-order valence-corrected chi connectivity index (χ4v) is 9.01. The maximum Gasteiger partial charge on any atom is 0.311 e. The summed E-state index contributed by atoms with van der Waals surface area (Å²) >= 11 is 0. The highest BCUT2D eigenvalue weighted by Gasteiger charge is 2.51. The van der Waals surface area contributed by atoms with E-state index in [1.165, 1.54) is 0 Å². The van der Waals surface area contributed by atoms with Gasteiger partial charge in [0.25, 0.3) is 0 Å². The fraction of sp³-hybridized carbons (Fsp3) is 0.714. The summed E-state index contributed by atoms with van der Waals surface area (Å²) in [7, 11) is 3.85. The number of aliphatic hydroxyl groups is 3. The fourth-order valence-electron chi connectivity index (χ4n) is 9.01. The third-order valence-electron chi connectivity index (χ3n) is 12.1. The number of hydrogen-bond acceptors (Lipinski definition) is 12. The first-order valence-electron chi connectivity index (χ1n) is 19.8. The minimum absolute atomic E-state index is 0.0530. The van der Waals surface area contributed by atoms with Crippen molar-refractivity contribution in [2.24, 2.45) is 17.8 Å². The molecule has 5 rings (SSSR count). The molecular weight excluding hydrogens is 690 g/mol. The first kappa shape index (κ1) is 42.5. The Bertz CT molecular complexity index is 1570. The molecule has 1 aromatic heterocycles. The maximum atomic E-state index is 14.0. The Morgan fingerprint density at radius 3 is 2.44 bits per heavy atom. The molecule has 0 saturated carbocycles. The molecule has 0 spiro atoms. The van der Waals surface area contributed by atoms with Crippen molar-refractivity contribution in [1.82, 2.24) is 9.88 Å². The van der Waals surface area contributed by atoms with Gasteiger partial charge in [-0.25, -0.2) is 0 Å². The number of carbonyl (C=O) groups excluding carboxylic acids is 1. The number of esters is 1. The second-order valence-electron chi connectivity index (χ2n) is 16.8. The van der Waals surface area contributed by atoms with E-state index in [1.54, 1.807) is 13.8 Å². The Balaban J connectivity index is 1.67. The van der Waals surface area contributed by atoms with Gasteiger partial charge in [0.1, 0.15) is 23.9 Å². The Hall–Kier alpha value is -2.68. The van der Waals surface area contributed by atoms with Gasteiger partial charge in [-0.2, -0.15) is 0 Å². The van der Waals surface area contributed by atoms with E-state index in [0.29, 0.717) is 25.8 Å². The van der Waals surface area contributed by atoms with Gasteiger partial charge in [0.15, 0.2) is 6.29 Å². The molecule has 12 heteroatoms. The Morgan fingerprint density at radius 1 is 1.04 bits per heavy atom. The minimum atomic E-state index is -1.63. The molecule has 1 aromatic carbocycles. The van der Waals surface area contributed by atoms with Gasteiger partial charge in [0.2, 0.25) is 0 Å². The number of carbonyl (C=O) groups is 1. The van der Waals surface area contributed by atoms with E-state index in [9.17, 15) is 20.1 Å². The smallest absolute Gasteiger partial charge is 0.311 e. The number of aliphatic hydroxyl groups excluding tert-OH is 2.